The van der Waals surface area contributed by atoms with Crippen molar-refractivity contribution < 1.29 is 8.42 Å². The Bertz CT molecular complexity index is 1090. The number of benzene rings is 2. The van der Waals surface area contributed by atoms with Crippen molar-refractivity contribution in [1.29, 1.82) is 0 Å². The SMILES string of the molecule is Cc1cnc(Nc2ccc(N3CCNCC3)cc2)nc1Nc1cccc([SH](=O)=O)c1. The van der Waals surface area contributed by atoms with Crippen LogP contribution in [-0.4, -0.2) is 44.6 Å². The molecule has 0 aliphatic carbocycles. The van der Waals surface area contributed by atoms with Gasteiger partial charge in [0.2, 0.25) is 5.95 Å². The molecule has 0 atom stereocenters. The monoisotopic (exact) mass is 424 g/mol. The van der Waals surface area contributed by atoms with Gasteiger partial charge in [-0.25, -0.2) is 13.4 Å². The summed E-state index contributed by atoms with van der Waals surface area (Å²) in [7, 11) is -2.63. The lowest BCUT2D eigenvalue weighted by molar-refractivity contribution is 0.589. The predicted octanol–water partition coefficient (Wildman–Crippen LogP) is 2.65. The van der Waals surface area contributed by atoms with E-state index in [1.165, 1.54) is 5.69 Å². The van der Waals surface area contributed by atoms with Gasteiger partial charge in [0.25, 0.3) is 0 Å². The zero-order valence-electron chi connectivity index (χ0n) is 16.6. The van der Waals surface area contributed by atoms with Crippen LogP contribution in [0.25, 0.3) is 0 Å². The topological polar surface area (TPSA) is 99.2 Å². The van der Waals surface area contributed by atoms with Crippen LogP contribution in [0.4, 0.5) is 28.8 Å². The van der Waals surface area contributed by atoms with E-state index in [2.05, 4.69) is 43.0 Å². The number of piperazine rings is 1. The van der Waals surface area contributed by atoms with E-state index in [1.54, 1.807) is 30.5 Å². The van der Waals surface area contributed by atoms with E-state index >= 15 is 0 Å². The molecule has 4 rings (SSSR count). The number of nitrogens with zero attached hydrogens (tertiary/aromatic N) is 3. The van der Waals surface area contributed by atoms with Crippen LogP contribution in [0, 0.1) is 6.92 Å². The molecule has 1 fully saturated rings. The molecule has 3 N–H and O–H groups in total. The van der Waals surface area contributed by atoms with Crippen molar-refractivity contribution in [3.63, 3.8) is 0 Å². The lowest BCUT2D eigenvalue weighted by Crippen LogP contribution is -2.43. The summed E-state index contributed by atoms with van der Waals surface area (Å²) in [5, 5.41) is 9.76. The second-order valence-corrected chi connectivity index (χ2v) is 8.10. The van der Waals surface area contributed by atoms with E-state index in [0.717, 1.165) is 37.4 Å². The Labute approximate surface area is 177 Å². The largest absolute Gasteiger partial charge is 0.369 e. The van der Waals surface area contributed by atoms with Crippen molar-refractivity contribution in [3.05, 3.63) is 60.3 Å². The summed E-state index contributed by atoms with van der Waals surface area (Å²) in [6.07, 6.45) is 1.73. The fourth-order valence-electron chi connectivity index (χ4n) is 3.27. The highest BCUT2D eigenvalue weighted by Gasteiger charge is 2.10. The second kappa shape index (κ2) is 9.10. The lowest BCUT2D eigenvalue weighted by atomic mass is 10.2. The van der Waals surface area contributed by atoms with E-state index in [4.69, 9.17) is 0 Å². The minimum Gasteiger partial charge on any atom is -0.369 e. The van der Waals surface area contributed by atoms with E-state index < -0.39 is 10.7 Å². The minimum absolute atomic E-state index is 0.254. The number of hydrogen-bond acceptors (Lipinski definition) is 8. The molecule has 8 nitrogen and oxygen atoms in total. The number of aromatic nitrogens is 2. The summed E-state index contributed by atoms with van der Waals surface area (Å²) < 4.78 is 22.4. The van der Waals surface area contributed by atoms with Gasteiger partial charge in [-0.15, -0.1) is 0 Å². The molecule has 1 saturated heterocycles. The van der Waals surface area contributed by atoms with Gasteiger partial charge in [-0.1, -0.05) is 6.07 Å². The average Bonchev–Trinajstić information content (AvgIpc) is 2.77. The Morgan fingerprint density at radius 1 is 1.00 bits per heavy atom. The summed E-state index contributed by atoms with van der Waals surface area (Å²) in [6, 6.07) is 14.8. The molecule has 0 radical (unpaired) electrons. The molecule has 0 saturated carbocycles. The van der Waals surface area contributed by atoms with Crippen LogP contribution in [0.5, 0.6) is 0 Å². The predicted molar refractivity (Wildman–Crippen MR) is 120 cm³/mol. The lowest BCUT2D eigenvalue weighted by Gasteiger charge is -2.29. The first-order valence-electron chi connectivity index (χ1n) is 9.76. The third-order valence-corrected chi connectivity index (χ3v) is 5.60. The Morgan fingerprint density at radius 2 is 1.77 bits per heavy atom. The van der Waals surface area contributed by atoms with Crippen LogP contribution < -0.4 is 20.9 Å². The molecule has 3 aromatic rings. The van der Waals surface area contributed by atoms with Crippen molar-refractivity contribution in [1.82, 2.24) is 15.3 Å². The molecular formula is C21H24N6O2S. The second-order valence-electron chi connectivity index (χ2n) is 7.07. The smallest absolute Gasteiger partial charge is 0.229 e. The first kappa shape index (κ1) is 20.1. The maximum absolute atomic E-state index is 11.2. The van der Waals surface area contributed by atoms with Gasteiger partial charge in [0.15, 0.2) is 10.7 Å². The summed E-state index contributed by atoms with van der Waals surface area (Å²) in [5.74, 6) is 1.08. The Hall–Kier alpha value is -3.17. The van der Waals surface area contributed by atoms with E-state index in [1.807, 2.05) is 19.1 Å². The average molecular weight is 425 g/mol. The molecular weight excluding hydrogens is 400 g/mol. The third kappa shape index (κ3) is 4.87. The fraction of sp³-hybridized carbons (Fsp3) is 0.238. The molecule has 1 aromatic heterocycles. The minimum atomic E-state index is -2.63. The standard InChI is InChI=1S/C21H24N6O2S/c1-15-14-23-21(26-20(15)24-17-3-2-4-19(13-17)30(28)29)25-16-5-7-18(8-6-16)27-11-9-22-10-12-27/h2-8,13-14,22,30H,9-12H2,1H3,(H2,23,24,25,26). The molecule has 0 bridgehead atoms. The van der Waals surface area contributed by atoms with Crippen LogP contribution in [-0.2, 0) is 10.7 Å². The molecule has 2 aromatic carbocycles. The van der Waals surface area contributed by atoms with Gasteiger partial charge in [0.05, 0.1) is 4.90 Å². The Kier molecular flexibility index (Phi) is 6.10. The maximum Gasteiger partial charge on any atom is 0.229 e. The summed E-state index contributed by atoms with van der Waals surface area (Å²) >= 11 is 0. The van der Waals surface area contributed by atoms with Crippen LogP contribution in [0.3, 0.4) is 0 Å². The molecule has 9 heteroatoms. The number of hydrogen-bond donors (Lipinski definition) is 4. The van der Waals surface area contributed by atoms with Gasteiger partial charge in [-0.2, -0.15) is 4.98 Å². The molecule has 0 amide bonds. The molecule has 1 aliphatic rings. The van der Waals surface area contributed by atoms with Gasteiger partial charge in [-0.05, 0) is 49.4 Å². The van der Waals surface area contributed by atoms with Gasteiger partial charge in [0, 0.05) is 55.0 Å². The van der Waals surface area contributed by atoms with Crippen molar-refractivity contribution >= 4 is 39.5 Å². The Morgan fingerprint density at radius 3 is 2.50 bits per heavy atom. The fourth-order valence-corrected chi connectivity index (χ4v) is 3.72. The zero-order valence-corrected chi connectivity index (χ0v) is 17.5. The molecule has 156 valence electrons. The van der Waals surface area contributed by atoms with Gasteiger partial charge in [0.1, 0.15) is 5.82 Å². The zero-order chi connectivity index (χ0) is 20.9. The van der Waals surface area contributed by atoms with Crippen molar-refractivity contribution in [3.8, 4) is 0 Å². The quantitative estimate of drug-likeness (QED) is 0.448. The number of nitrogens with one attached hydrogen (secondary N) is 3. The van der Waals surface area contributed by atoms with Crippen molar-refractivity contribution in [2.45, 2.75) is 11.8 Å². The molecule has 2 heterocycles. The first-order valence-corrected chi connectivity index (χ1v) is 10.9. The number of rotatable bonds is 6. The number of anilines is 5. The summed E-state index contributed by atoms with van der Waals surface area (Å²) in [6.45, 7) is 5.91. The van der Waals surface area contributed by atoms with Gasteiger partial charge >= 0.3 is 0 Å². The van der Waals surface area contributed by atoms with E-state index in [0.29, 0.717) is 17.5 Å². The first-order chi connectivity index (χ1) is 14.6. The molecule has 1 aliphatic heterocycles. The van der Waals surface area contributed by atoms with Crippen molar-refractivity contribution in [2.75, 3.05) is 41.7 Å². The summed E-state index contributed by atoms with van der Waals surface area (Å²) in [5.41, 5.74) is 3.60. The Balaban J connectivity index is 1.48. The van der Waals surface area contributed by atoms with Gasteiger partial charge < -0.3 is 20.9 Å². The molecule has 0 unspecified atom stereocenters. The van der Waals surface area contributed by atoms with Crippen molar-refractivity contribution in [2.24, 2.45) is 0 Å². The molecule has 30 heavy (non-hydrogen) atoms. The highest BCUT2D eigenvalue weighted by atomic mass is 32.2. The van der Waals surface area contributed by atoms with Crippen LogP contribution in [0.2, 0.25) is 0 Å². The van der Waals surface area contributed by atoms with Crippen LogP contribution in [0.1, 0.15) is 5.56 Å². The van der Waals surface area contributed by atoms with Crippen LogP contribution in [0.15, 0.2) is 59.6 Å². The summed E-state index contributed by atoms with van der Waals surface area (Å²) in [4.78, 5) is 11.5. The maximum atomic E-state index is 11.2. The van der Waals surface area contributed by atoms with E-state index in [9.17, 15) is 8.42 Å². The van der Waals surface area contributed by atoms with E-state index in [-0.39, 0.29) is 4.90 Å². The normalized spacial score (nSPS) is 14.0. The van der Waals surface area contributed by atoms with Gasteiger partial charge in [-0.3, -0.25) is 0 Å². The molecule has 0 spiro atoms. The third-order valence-electron chi connectivity index (χ3n) is 4.90. The number of aryl methyl sites for hydroxylation is 1. The number of thiol groups is 1. The van der Waals surface area contributed by atoms with Crippen LogP contribution >= 0.6 is 0 Å². The highest BCUT2D eigenvalue weighted by molar-refractivity contribution is 7.72. The highest BCUT2D eigenvalue weighted by Crippen LogP contribution is 2.23.